The summed E-state index contributed by atoms with van der Waals surface area (Å²) in [4.78, 5) is 20.9. The highest BCUT2D eigenvalue weighted by molar-refractivity contribution is 7.13. The van der Waals surface area contributed by atoms with Gasteiger partial charge in [-0.1, -0.05) is 5.16 Å². The van der Waals surface area contributed by atoms with Gasteiger partial charge in [-0.25, -0.2) is 4.98 Å². The van der Waals surface area contributed by atoms with E-state index in [0.29, 0.717) is 30.1 Å². The lowest BCUT2D eigenvalue weighted by atomic mass is 10.1. The second-order valence-corrected chi connectivity index (χ2v) is 5.67. The number of aryl methyl sites for hydroxylation is 2. The molecule has 1 amide bonds. The van der Waals surface area contributed by atoms with E-state index in [1.165, 1.54) is 0 Å². The smallest absolute Gasteiger partial charge is 0.259 e. The van der Waals surface area contributed by atoms with Crippen LogP contribution in [0.4, 0.5) is 5.13 Å². The third-order valence-corrected chi connectivity index (χ3v) is 4.34. The molecule has 106 valence electrons. The maximum atomic E-state index is 12.5. The standard InChI is InChI=1S/C13H16N4O2S/c1-9-11(10(2)19-15-9)12(18)16-4-6-17(7-5-16)13-14-3-8-20-13/h3,8H,4-7H2,1-2H3. The molecule has 1 aliphatic rings. The highest BCUT2D eigenvalue weighted by atomic mass is 32.1. The first-order chi connectivity index (χ1) is 9.66. The highest BCUT2D eigenvalue weighted by Crippen LogP contribution is 2.21. The number of carbonyl (C=O) groups excluding carboxylic acids is 1. The molecule has 7 heteroatoms. The van der Waals surface area contributed by atoms with Gasteiger partial charge in [-0.15, -0.1) is 11.3 Å². The van der Waals surface area contributed by atoms with Crippen LogP contribution in [0, 0.1) is 13.8 Å². The van der Waals surface area contributed by atoms with Gasteiger partial charge in [0.15, 0.2) is 5.13 Å². The van der Waals surface area contributed by atoms with E-state index in [9.17, 15) is 4.79 Å². The van der Waals surface area contributed by atoms with E-state index in [4.69, 9.17) is 4.52 Å². The van der Waals surface area contributed by atoms with Crippen LogP contribution in [-0.2, 0) is 0 Å². The van der Waals surface area contributed by atoms with Gasteiger partial charge in [0.05, 0.1) is 5.69 Å². The quantitative estimate of drug-likeness (QED) is 0.843. The number of hydrogen-bond donors (Lipinski definition) is 0. The molecule has 0 atom stereocenters. The van der Waals surface area contributed by atoms with Crippen molar-refractivity contribution in [2.75, 3.05) is 31.1 Å². The molecule has 0 bridgehead atoms. The van der Waals surface area contributed by atoms with Gasteiger partial charge in [0, 0.05) is 37.8 Å². The summed E-state index contributed by atoms with van der Waals surface area (Å²) in [7, 11) is 0. The van der Waals surface area contributed by atoms with Gasteiger partial charge in [-0.05, 0) is 13.8 Å². The van der Waals surface area contributed by atoms with E-state index >= 15 is 0 Å². The van der Waals surface area contributed by atoms with Gasteiger partial charge < -0.3 is 14.3 Å². The predicted molar refractivity (Wildman–Crippen MR) is 76.2 cm³/mol. The first kappa shape index (κ1) is 13.1. The zero-order valence-corrected chi connectivity index (χ0v) is 12.3. The molecule has 0 saturated carbocycles. The Morgan fingerprint density at radius 2 is 2.05 bits per heavy atom. The molecule has 20 heavy (non-hydrogen) atoms. The number of rotatable bonds is 2. The molecule has 3 heterocycles. The average Bonchev–Trinajstić information content (AvgIpc) is 3.09. The van der Waals surface area contributed by atoms with E-state index in [1.807, 2.05) is 10.3 Å². The number of piperazine rings is 1. The Hall–Kier alpha value is -1.89. The fourth-order valence-corrected chi connectivity index (χ4v) is 3.12. The number of carbonyl (C=O) groups is 1. The Bertz CT molecular complexity index is 580. The Balaban J connectivity index is 1.68. The lowest BCUT2D eigenvalue weighted by molar-refractivity contribution is 0.0744. The van der Waals surface area contributed by atoms with Crippen molar-refractivity contribution in [2.24, 2.45) is 0 Å². The maximum absolute atomic E-state index is 12.5. The van der Waals surface area contributed by atoms with Gasteiger partial charge in [-0.2, -0.15) is 0 Å². The lowest BCUT2D eigenvalue weighted by Crippen LogP contribution is -2.49. The van der Waals surface area contributed by atoms with Crippen LogP contribution in [0.1, 0.15) is 21.8 Å². The zero-order valence-electron chi connectivity index (χ0n) is 11.5. The maximum Gasteiger partial charge on any atom is 0.259 e. The van der Waals surface area contributed by atoms with E-state index in [-0.39, 0.29) is 5.91 Å². The van der Waals surface area contributed by atoms with Crippen LogP contribution in [0.5, 0.6) is 0 Å². The summed E-state index contributed by atoms with van der Waals surface area (Å²) in [6.07, 6.45) is 1.81. The van der Waals surface area contributed by atoms with Crippen molar-refractivity contribution >= 4 is 22.4 Å². The van der Waals surface area contributed by atoms with E-state index in [0.717, 1.165) is 18.2 Å². The van der Waals surface area contributed by atoms with Gasteiger partial charge in [0.25, 0.3) is 5.91 Å². The molecular weight excluding hydrogens is 276 g/mol. The van der Waals surface area contributed by atoms with Crippen molar-refractivity contribution < 1.29 is 9.32 Å². The minimum atomic E-state index is 0.0139. The van der Waals surface area contributed by atoms with Crippen LogP contribution >= 0.6 is 11.3 Å². The summed E-state index contributed by atoms with van der Waals surface area (Å²) < 4.78 is 5.07. The summed E-state index contributed by atoms with van der Waals surface area (Å²) in [6.45, 7) is 6.59. The Morgan fingerprint density at radius 3 is 2.60 bits per heavy atom. The molecule has 2 aromatic rings. The SMILES string of the molecule is Cc1noc(C)c1C(=O)N1CCN(c2nccs2)CC1. The number of nitrogens with zero attached hydrogens (tertiary/aromatic N) is 4. The molecule has 6 nitrogen and oxygen atoms in total. The van der Waals surface area contributed by atoms with Crippen LogP contribution in [0.3, 0.4) is 0 Å². The summed E-state index contributed by atoms with van der Waals surface area (Å²) in [5, 5.41) is 6.84. The lowest BCUT2D eigenvalue weighted by Gasteiger charge is -2.34. The van der Waals surface area contributed by atoms with Crippen LogP contribution in [0.25, 0.3) is 0 Å². The van der Waals surface area contributed by atoms with Gasteiger partial charge in [-0.3, -0.25) is 4.79 Å². The summed E-state index contributed by atoms with van der Waals surface area (Å²) >= 11 is 1.63. The van der Waals surface area contributed by atoms with Crippen LogP contribution in [0.2, 0.25) is 0 Å². The Morgan fingerprint density at radius 1 is 1.30 bits per heavy atom. The van der Waals surface area contributed by atoms with Crippen LogP contribution in [-0.4, -0.2) is 47.1 Å². The molecule has 1 aliphatic heterocycles. The Labute approximate surface area is 121 Å². The molecule has 0 aromatic carbocycles. The third kappa shape index (κ3) is 2.29. The van der Waals surface area contributed by atoms with Crippen molar-refractivity contribution in [3.05, 3.63) is 28.6 Å². The minimum Gasteiger partial charge on any atom is -0.361 e. The van der Waals surface area contributed by atoms with E-state index < -0.39 is 0 Å². The summed E-state index contributed by atoms with van der Waals surface area (Å²) in [5.74, 6) is 0.606. The van der Waals surface area contributed by atoms with E-state index in [2.05, 4.69) is 15.0 Å². The third-order valence-electron chi connectivity index (χ3n) is 3.50. The molecule has 0 unspecified atom stereocenters. The molecular formula is C13H16N4O2S. The molecule has 1 fully saturated rings. The first-order valence-electron chi connectivity index (χ1n) is 6.53. The molecule has 0 aliphatic carbocycles. The number of thiazole rings is 1. The molecule has 0 N–H and O–H groups in total. The van der Waals surface area contributed by atoms with Crippen LogP contribution in [0.15, 0.2) is 16.1 Å². The molecule has 2 aromatic heterocycles. The van der Waals surface area contributed by atoms with Gasteiger partial charge >= 0.3 is 0 Å². The van der Waals surface area contributed by atoms with E-state index in [1.54, 1.807) is 31.4 Å². The molecule has 1 saturated heterocycles. The zero-order chi connectivity index (χ0) is 14.1. The fourth-order valence-electron chi connectivity index (χ4n) is 2.42. The summed E-state index contributed by atoms with van der Waals surface area (Å²) in [5.41, 5.74) is 1.27. The number of aromatic nitrogens is 2. The number of amides is 1. The Kier molecular flexibility index (Phi) is 3.43. The summed E-state index contributed by atoms with van der Waals surface area (Å²) in [6, 6.07) is 0. The fraction of sp³-hybridized carbons (Fsp3) is 0.462. The second kappa shape index (κ2) is 5.24. The largest absolute Gasteiger partial charge is 0.361 e. The minimum absolute atomic E-state index is 0.0139. The first-order valence-corrected chi connectivity index (χ1v) is 7.41. The topological polar surface area (TPSA) is 62.5 Å². The van der Waals surface area contributed by atoms with Crippen molar-refractivity contribution in [1.82, 2.24) is 15.0 Å². The van der Waals surface area contributed by atoms with Crippen LogP contribution < -0.4 is 4.90 Å². The molecule has 0 radical (unpaired) electrons. The predicted octanol–water partition coefficient (Wildman–Crippen LogP) is 1.71. The van der Waals surface area contributed by atoms with Crippen molar-refractivity contribution in [3.63, 3.8) is 0 Å². The highest BCUT2D eigenvalue weighted by Gasteiger charge is 2.27. The van der Waals surface area contributed by atoms with Crippen molar-refractivity contribution in [1.29, 1.82) is 0 Å². The normalized spacial score (nSPS) is 15.7. The second-order valence-electron chi connectivity index (χ2n) is 4.79. The molecule has 0 spiro atoms. The number of hydrogen-bond acceptors (Lipinski definition) is 6. The van der Waals surface area contributed by atoms with Gasteiger partial charge in [0.2, 0.25) is 0 Å². The van der Waals surface area contributed by atoms with Crippen molar-refractivity contribution in [2.45, 2.75) is 13.8 Å². The monoisotopic (exact) mass is 292 g/mol. The average molecular weight is 292 g/mol. The number of anilines is 1. The van der Waals surface area contributed by atoms with Crippen molar-refractivity contribution in [3.8, 4) is 0 Å². The van der Waals surface area contributed by atoms with Gasteiger partial charge in [0.1, 0.15) is 11.3 Å². The molecule has 3 rings (SSSR count).